The van der Waals surface area contributed by atoms with Crippen LogP contribution in [0.1, 0.15) is 18.2 Å². The first-order valence-corrected chi connectivity index (χ1v) is 7.92. The number of aromatic nitrogens is 3. The third kappa shape index (κ3) is 2.99. The summed E-state index contributed by atoms with van der Waals surface area (Å²) in [6, 6.07) is 9.97. The molecule has 6 heteroatoms. The molecule has 0 fully saturated rings. The molecule has 0 radical (unpaired) electrons. The fourth-order valence-corrected chi connectivity index (χ4v) is 2.73. The second-order valence-corrected chi connectivity index (χ2v) is 5.61. The largest absolute Gasteiger partial charge is 0.493 e. The van der Waals surface area contributed by atoms with Gasteiger partial charge in [0.25, 0.3) is 0 Å². The van der Waals surface area contributed by atoms with Gasteiger partial charge in [-0.15, -0.1) is 0 Å². The van der Waals surface area contributed by atoms with Crippen LogP contribution >= 0.6 is 0 Å². The van der Waals surface area contributed by atoms with E-state index < -0.39 is 0 Å². The first kappa shape index (κ1) is 16.1. The third-order valence-corrected chi connectivity index (χ3v) is 4.01. The lowest BCUT2D eigenvalue weighted by Gasteiger charge is -2.21. The second kappa shape index (κ2) is 6.78. The fraction of sp³-hybridized carbons (Fsp3) is 0.333. The summed E-state index contributed by atoms with van der Waals surface area (Å²) in [4.78, 5) is 6.75. The molecule has 0 amide bonds. The standard InChI is InChI=1S/C18H22N4O2/c1-5-14-11-18(22-17(20-14)8-9-19-22)21(2)12-13-6-7-15(23-3)16(10-13)24-4/h6-11H,5,12H2,1-4H3. The van der Waals surface area contributed by atoms with Crippen LogP contribution in [-0.2, 0) is 13.0 Å². The molecule has 2 aromatic heterocycles. The van der Waals surface area contributed by atoms with Gasteiger partial charge in [0.2, 0.25) is 0 Å². The van der Waals surface area contributed by atoms with Crippen molar-refractivity contribution in [1.29, 1.82) is 0 Å². The molecule has 0 unspecified atom stereocenters. The van der Waals surface area contributed by atoms with Gasteiger partial charge in [0.05, 0.1) is 20.4 Å². The van der Waals surface area contributed by atoms with E-state index in [1.165, 1.54) is 0 Å². The van der Waals surface area contributed by atoms with E-state index in [4.69, 9.17) is 9.47 Å². The number of ether oxygens (including phenoxy) is 2. The molecule has 0 saturated carbocycles. The molecule has 126 valence electrons. The Morgan fingerprint density at radius 1 is 1.08 bits per heavy atom. The lowest BCUT2D eigenvalue weighted by atomic mass is 10.2. The van der Waals surface area contributed by atoms with Crippen molar-refractivity contribution >= 4 is 11.5 Å². The summed E-state index contributed by atoms with van der Waals surface area (Å²) >= 11 is 0. The highest BCUT2D eigenvalue weighted by molar-refractivity contribution is 5.51. The average Bonchev–Trinajstić information content (AvgIpc) is 3.08. The molecule has 0 N–H and O–H groups in total. The Kier molecular flexibility index (Phi) is 4.55. The van der Waals surface area contributed by atoms with Gasteiger partial charge in [-0.1, -0.05) is 13.0 Å². The third-order valence-electron chi connectivity index (χ3n) is 4.01. The number of hydrogen-bond acceptors (Lipinski definition) is 5. The van der Waals surface area contributed by atoms with Gasteiger partial charge in [0.1, 0.15) is 5.82 Å². The monoisotopic (exact) mass is 326 g/mol. The van der Waals surface area contributed by atoms with Crippen molar-refractivity contribution in [2.24, 2.45) is 0 Å². The lowest BCUT2D eigenvalue weighted by molar-refractivity contribution is 0.354. The molecule has 0 aliphatic rings. The molecule has 0 atom stereocenters. The zero-order chi connectivity index (χ0) is 17.1. The highest BCUT2D eigenvalue weighted by Crippen LogP contribution is 2.28. The topological polar surface area (TPSA) is 51.9 Å². The van der Waals surface area contributed by atoms with Crippen LogP contribution in [0.2, 0.25) is 0 Å². The maximum Gasteiger partial charge on any atom is 0.161 e. The molecule has 1 aromatic carbocycles. The van der Waals surface area contributed by atoms with E-state index >= 15 is 0 Å². The van der Waals surface area contributed by atoms with E-state index in [2.05, 4.69) is 28.0 Å². The van der Waals surface area contributed by atoms with Crippen molar-refractivity contribution < 1.29 is 9.47 Å². The van der Waals surface area contributed by atoms with Gasteiger partial charge in [-0.25, -0.2) is 4.98 Å². The van der Waals surface area contributed by atoms with E-state index in [-0.39, 0.29) is 0 Å². The Morgan fingerprint density at radius 2 is 1.88 bits per heavy atom. The predicted molar refractivity (Wildman–Crippen MR) is 94.0 cm³/mol. The predicted octanol–water partition coefficient (Wildman–Crippen LogP) is 2.95. The van der Waals surface area contributed by atoms with E-state index in [9.17, 15) is 0 Å². The quantitative estimate of drug-likeness (QED) is 0.697. The van der Waals surface area contributed by atoms with Gasteiger partial charge in [-0.2, -0.15) is 9.61 Å². The summed E-state index contributed by atoms with van der Waals surface area (Å²) < 4.78 is 12.5. The van der Waals surface area contributed by atoms with Gasteiger partial charge in [0.15, 0.2) is 17.1 Å². The van der Waals surface area contributed by atoms with Crippen molar-refractivity contribution in [3.05, 3.63) is 47.8 Å². The number of fused-ring (bicyclic) bond motifs is 1. The summed E-state index contributed by atoms with van der Waals surface area (Å²) in [5.74, 6) is 2.48. The van der Waals surface area contributed by atoms with Crippen LogP contribution in [0.15, 0.2) is 36.5 Å². The number of aryl methyl sites for hydroxylation is 1. The Labute approximate surface area is 141 Å². The zero-order valence-corrected chi connectivity index (χ0v) is 14.5. The van der Waals surface area contributed by atoms with Crippen LogP contribution in [0.5, 0.6) is 11.5 Å². The molecule has 0 saturated heterocycles. The molecule has 6 nitrogen and oxygen atoms in total. The molecular weight excluding hydrogens is 304 g/mol. The maximum atomic E-state index is 5.39. The van der Waals surface area contributed by atoms with Gasteiger partial charge in [-0.3, -0.25) is 0 Å². The molecule has 24 heavy (non-hydrogen) atoms. The molecule has 2 heterocycles. The van der Waals surface area contributed by atoms with Crippen molar-refractivity contribution in [1.82, 2.24) is 14.6 Å². The maximum absolute atomic E-state index is 5.39. The molecule has 3 aromatic rings. The van der Waals surface area contributed by atoms with Crippen LogP contribution in [0.4, 0.5) is 5.82 Å². The minimum Gasteiger partial charge on any atom is -0.493 e. The lowest BCUT2D eigenvalue weighted by Crippen LogP contribution is -2.20. The van der Waals surface area contributed by atoms with E-state index in [1.807, 2.05) is 35.8 Å². The van der Waals surface area contributed by atoms with Crippen molar-refractivity contribution in [3.63, 3.8) is 0 Å². The number of benzene rings is 1. The molecule has 0 aliphatic carbocycles. The summed E-state index contributed by atoms with van der Waals surface area (Å²) in [5.41, 5.74) is 3.05. The van der Waals surface area contributed by atoms with Crippen molar-refractivity contribution in [2.75, 3.05) is 26.2 Å². The van der Waals surface area contributed by atoms with Gasteiger partial charge < -0.3 is 14.4 Å². The smallest absolute Gasteiger partial charge is 0.161 e. The van der Waals surface area contributed by atoms with Gasteiger partial charge in [-0.05, 0) is 24.1 Å². The SMILES string of the molecule is CCc1cc(N(C)Cc2ccc(OC)c(OC)c2)n2nccc2n1. The van der Waals surface area contributed by atoms with E-state index in [1.54, 1.807) is 20.4 Å². The van der Waals surface area contributed by atoms with Crippen LogP contribution in [-0.4, -0.2) is 35.9 Å². The first-order valence-electron chi connectivity index (χ1n) is 7.92. The Bertz CT molecular complexity index is 844. The summed E-state index contributed by atoms with van der Waals surface area (Å²) in [5, 5.41) is 4.39. The van der Waals surface area contributed by atoms with Crippen LogP contribution in [0, 0.1) is 0 Å². The van der Waals surface area contributed by atoms with E-state index in [0.717, 1.165) is 47.2 Å². The average molecular weight is 326 g/mol. The molecule has 0 spiro atoms. The number of nitrogens with zero attached hydrogens (tertiary/aromatic N) is 4. The van der Waals surface area contributed by atoms with Crippen molar-refractivity contribution in [2.45, 2.75) is 19.9 Å². The highest BCUT2D eigenvalue weighted by atomic mass is 16.5. The summed E-state index contributed by atoms with van der Waals surface area (Å²) in [6.45, 7) is 2.83. The second-order valence-electron chi connectivity index (χ2n) is 5.61. The Balaban J connectivity index is 1.92. The van der Waals surface area contributed by atoms with Crippen molar-refractivity contribution in [3.8, 4) is 11.5 Å². The molecular formula is C18H22N4O2. The Hall–Kier alpha value is -2.76. The number of anilines is 1. The zero-order valence-electron chi connectivity index (χ0n) is 14.5. The van der Waals surface area contributed by atoms with Crippen LogP contribution in [0.25, 0.3) is 5.65 Å². The van der Waals surface area contributed by atoms with Crippen LogP contribution in [0.3, 0.4) is 0 Å². The number of methoxy groups -OCH3 is 2. The first-order chi connectivity index (χ1) is 11.7. The normalized spacial score (nSPS) is 10.8. The minimum atomic E-state index is 0.725. The summed E-state index contributed by atoms with van der Waals surface area (Å²) in [7, 11) is 5.34. The van der Waals surface area contributed by atoms with Crippen LogP contribution < -0.4 is 14.4 Å². The van der Waals surface area contributed by atoms with Gasteiger partial charge >= 0.3 is 0 Å². The Morgan fingerprint density at radius 3 is 2.58 bits per heavy atom. The number of rotatable bonds is 6. The molecule has 0 bridgehead atoms. The molecule has 3 rings (SSSR count). The minimum absolute atomic E-state index is 0.725. The van der Waals surface area contributed by atoms with Gasteiger partial charge in [0, 0.05) is 31.4 Å². The summed E-state index contributed by atoms with van der Waals surface area (Å²) in [6.07, 6.45) is 2.66. The number of hydrogen-bond donors (Lipinski definition) is 0. The fourth-order valence-electron chi connectivity index (χ4n) is 2.73. The molecule has 0 aliphatic heterocycles. The highest BCUT2D eigenvalue weighted by Gasteiger charge is 2.12. The van der Waals surface area contributed by atoms with E-state index in [0.29, 0.717) is 0 Å².